The molecule has 1 aliphatic heterocycles. The van der Waals surface area contributed by atoms with Gasteiger partial charge in [0.1, 0.15) is 5.56 Å². The van der Waals surface area contributed by atoms with E-state index in [1.807, 2.05) is 0 Å². The molecule has 0 unspecified atom stereocenters. The molecule has 1 aromatic heterocycles. The van der Waals surface area contributed by atoms with E-state index in [0.29, 0.717) is 10.7 Å². The average molecular weight is 318 g/mol. The summed E-state index contributed by atoms with van der Waals surface area (Å²) in [5, 5.41) is 11.4. The zero-order valence-electron chi connectivity index (χ0n) is 11.0. The molecule has 0 radical (unpaired) electrons. The van der Waals surface area contributed by atoms with E-state index < -0.39 is 16.7 Å². The van der Waals surface area contributed by atoms with Crippen molar-refractivity contribution in [3.63, 3.8) is 0 Å². The van der Waals surface area contributed by atoms with Crippen LogP contribution in [0.5, 0.6) is 0 Å². The molecule has 0 N–H and O–H groups in total. The third-order valence-electron chi connectivity index (χ3n) is 3.28. The Labute approximate surface area is 129 Å². The van der Waals surface area contributed by atoms with Gasteiger partial charge in [-0.1, -0.05) is 17.7 Å². The van der Waals surface area contributed by atoms with Gasteiger partial charge in [0, 0.05) is 12.3 Å². The number of hydrogen-bond donors (Lipinski definition) is 0. The fourth-order valence-electron chi connectivity index (χ4n) is 2.27. The van der Waals surface area contributed by atoms with Crippen molar-refractivity contribution in [1.82, 2.24) is 9.88 Å². The smallest absolute Gasteiger partial charge is 0.269 e. The number of pyridine rings is 1. The molecular formula is C14H8ClN3O4. The number of aromatic nitrogens is 1. The van der Waals surface area contributed by atoms with Gasteiger partial charge in [0.25, 0.3) is 17.5 Å². The van der Waals surface area contributed by atoms with Crippen molar-refractivity contribution >= 4 is 29.1 Å². The number of nitro benzene ring substituents is 1. The normalized spacial score (nSPS) is 13.4. The molecule has 3 rings (SSSR count). The van der Waals surface area contributed by atoms with Crippen LogP contribution in [0.3, 0.4) is 0 Å². The van der Waals surface area contributed by atoms with Crippen molar-refractivity contribution in [2.75, 3.05) is 0 Å². The number of carbonyl (C=O) groups excluding carboxylic acids is 2. The third-order valence-corrected chi connectivity index (χ3v) is 3.51. The predicted octanol–water partition coefficient (Wildman–Crippen LogP) is 2.44. The SMILES string of the molecule is O=C1c2cccc([N+](=O)[O-])c2C(=O)N1Cc1ccc(Cl)cn1. The van der Waals surface area contributed by atoms with Crippen LogP contribution < -0.4 is 0 Å². The van der Waals surface area contributed by atoms with Crippen LogP contribution in [0, 0.1) is 10.1 Å². The van der Waals surface area contributed by atoms with E-state index in [2.05, 4.69) is 4.98 Å². The number of fused-ring (bicyclic) bond motifs is 1. The highest BCUT2D eigenvalue weighted by molar-refractivity contribution is 6.30. The first-order chi connectivity index (χ1) is 10.5. The summed E-state index contributed by atoms with van der Waals surface area (Å²) in [5.41, 5.74) is -0.0522. The van der Waals surface area contributed by atoms with E-state index in [-0.39, 0.29) is 23.4 Å². The molecule has 0 bridgehead atoms. The third kappa shape index (κ3) is 2.21. The van der Waals surface area contributed by atoms with Gasteiger partial charge in [-0.2, -0.15) is 0 Å². The van der Waals surface area contributed by atoms with Crippen LogP contribution in [0.15, 0.2) is 36.5 Å². The average Bonchev–Trinajstić information content (AvgIpc) is 2.74. The molecule has 2 heterocycles. The maximum Gasteiger partial charge on any atom is 0.282 e. The Morgan fingerprint density at radius 3 is 2.59 bits per heavy atom. The molecule has 0 atom stereocenters. The Morgan fingerprint density at radius 2 is 1.95 bits per heavy atom. The summed E-state index contributed by atoms with van der Waals surface area (Å²) in [6.45, 7) is -0.0688. The summed E-state index contributed by atoms with van der Waals surface area (Å²) < 4.78 is 0. The lowest BCUT2D eigenvalue weighted by atomic mass is 10.1. The molecule has 0 spiro atoms. The van der Waals surface area contributed by atoms with Crippen molar-refractivity contribution < 1.29 is 14.5 Å². The Bertz CT molecular complexity index is 804. The van der Waals surface area contributed by atoms with Gasteiger partial charge in [-0.3, -0.25) is 29.6 Å². The van der Waals surface area contributed by atoms with Gasteiger partial charge in [0.2, 0.25) is 0 Å². The number of nitro groups is 1. The van der Waals surface area contributed by atoms with Crippen LogP contribution in [0.25, 0.3) is 0 Å². The summed E-state index contributed by atoms with van der Waals surface area (Å²) in [5.74, 6) is -1.26. The standard InChI is InChI=1S/C14H8ClN3O4/c15-8-4-5-9(16-6-8)7-17-13(19)10-2-1-3-11(18(21)22)12(10)14(17)20/h1-6H,7H2. The van der Waals surface area contributed by atoms with Crippen molar-refractivity contribution in [2.24, 2.45) is 0 Å². The lowest BCUT2D eigenvalue weighted by Crippen LogP contribution is -2.29. The molecule has 2 aromatic rings. The van der Waals surface area contributed by atoms with Crippen LogP contribution >= 0.6 is 11.6 Å². The molecule has 2 amide bonds. The van der Waals surface area contributed by atoms with Crippen LogP contribution in [0.4, 0.5) is 5.69 Å². The highest BCUT2D eigenvalue weighted by Gasteiger charge is 2.40. The predicted molar refractivity (Wildman–Crippen MR) is 76.5 cm³/mol. The molecule has 0 saturated heterocycles. The number of carbonyl (C=O) groups is 2. The lowest BCUT2D eigenvalue weighted by molar-refractivity contribution is -0.385. The lowest BCUT2D eigenvalue weighted by Gasteiger charge is -2.12. The second-order valence-corrected chi connectivity index (χ2v) is 5.06. The first kappa shape index (κ1) is 14.2. The van der Waals surface area contributed by atoms with Gasteiger partial charge in [-0.05, 0) is 18.2 Å². The minimum Gasteiger partial charge on any atom is -0.269 e. The quantitative estimate of drug-likeness (QED) is 0.492. The number of amides is 2. The van der Waals surface area contributed by atoms with Crippen molar-refractivity contribution in [3.05, 3.63) is 68.5 Å². The number of halogens is 1. The largest absolute Gasteiger partial charge is 0.282 e. The zero-order valence-corrected chi connectivity index (χ0v) is 11.8. The summed E-state index contributed by atoms with van der Waals surface area (Å²) in [4.78, 5) is 39.9. The number of imide groups is 1. The zero-order chi connectivity index (χ0) is 15.9. The van der Waals surface area contributed by atoms with Gasteiger partial charge in [-0.25, -0.2) is 0 Å². The van der Waals surface area contributed by atoms with Gasteiger partial charge in [-0.15, -0.1) is 0 Å². The summed E-state index contributed by atoms with van der Waals surface area (Å²) in [7, 11) is 0. The first-order valence-electron chi connectivity index (χ1n) is 6.23. The second kappa shape index (κ2) is 5.19. The van der Waals surface area contributed by atoms with Gasteiger partial charge in [0.05, 0.1) is 27.7 Å². The molecule has 0 saturated carbocycles. The van der Waals surface area contributed by atoms with Crippen LogP contribution in [0.2, 0.25) is 5.02 Å². The number of nitrogens with zero attached hydrogens (tertiary/aromatic N) is 3. The van der Waals surface area contributed by atoms with Crippen LogP contribution in [0.1, 0.15) is 26.4 Å². The molecule has 8 heteroatoms. The highest BCUT2D eigenvalue weighted by atomic mass is 35.5. The minimum atomic E-state index is -0.691. The summed E-state index contributed by atoms with van der Waals surface area (Å²) >= 11 is 5.73. The van der Waals surface area contributed by atoms with E-state index >= 15 is 0 Å². The van der Waals surface area contributed by atoms with Crippen LogP contribution in [-0.4, -0.2) is 26.6 Å². The Kier molecular flexibility index (Phi) is 3.34. The van der Waals surface area contributed by atoms with E-state index in [4.69, 9.17) is 11.6 Å². The van der Waals surface area contributed by atoms with Crippen molar-refractivity contribution in [1.29, 1.82) is 0 Å². The monoisotopic (exact) mass is 317 g/mol. The topological polar surface area (TPSA) is 93.4 Å². The molecule has 0 aliphatic carbocycles. The molecule has 7 nitrogen and oxygen atoms in total. The van der Waals surface area contributed by atoms with Crippen molar-refractivity contribution in [3.8, 4) is 0 Å². The van der Waals surface area contributed by atoms with E-state index in [0.717, 1.165) is 4.90 Å². The van der Waals surface area contributed by atoms with Gasteiger partial charge >= 0.3 is 0 Å². The first-order valence-corrected chi connectivity index (χ1v) is 6.61. The van der Waals surface area contributed by atoms with E-state index in [1.165, 1.54) is 24.4 Å². The van der Waals surface area contributed by atoms with E-state index in [1.54, 1.807) is 12.1 Å². The molecular weight excluding hydrogens is 310 g/mol. The molecule has 22 heavy (non-hydrogen) atoms. The molecule has 110 valence electrons. The van der Waals surface area contributed by atoms with E-state index in [9.17, 15) is 19.7 Å². The number of rotatable bonds is 3. The minimum absolute atomic E-state index is 0.0353. The maximum atomic E-state index is 12.4. The summed E-state index contributed by atoms with van der Waals surface area (Å²) in [6.07, 6.45) is 1.40. The Balaban J connectivity index is 1.98. The summed E-state index contributed by atoms with van der Waals surface area (Å²) in [6, 6.07) is 7.16. The Hall–Kier alpha value is -2.80. The number of benzene rings is 1. The molecule has 1 aliphatic rings. The van der Waals surface area contributed by atoms with Gasteiger partial charge in [0.15, 0.2) is 0 Å². The van der Waals surface area contributed by atoms with Crippen molar-refractivity contribution in [2.45, 2.75) is 6.54 Å². The van der Waals surface area contributed by atoms with Gasteiger partial charge < -0.3 is 0 Å². The maximum absolute atomic E-state index is 12.4. The fourth-order valence-corrected chi connectivity index (χ4v) is 2.39. The Morgan fingerprint density at radius 1 is 1.18 bits per heavy atom. The second-order valence-electron chi connectivity index (χ2n) is 4.62. The molecule has 1 aromatic carbocycles. The molecule has 0 fully saturated rings. The highest BCUT2D eigenvalue weighted by Crippen LogP contribution is 2.31. The van der Waals surface area contributed by atoms with Crippen LogP contribution in [-0.2, 0) is 6.54 Å². The number of hydrogen-bond acceptors (Lipinski definition) is 5. The fraction of sp³-hybridized carbons (Fsp3) is 0.0714.